The fourth-order valence-electron chi connectivity index (χ4n) is 1.55. The summed E-state index contributed by atoms with van der Waals surface area (Å²) < 4.78 is 13.5. The summed E-state index contributed by atoms with van der Waals surface area (Å²) in [7, 11) is 0. The van der Waals surface area contributed by atoms with Gasteiger partial charge in [-0.2, -0.15) is 5.26 Å². The normalized spacial score (nSPS) is 9.83. The molecular weight excluding hydrogens is 295 g/mol. The van der Waals surface area contributed by atoms with Crippen LogP contribution in [-0.4, -0.2) is 0 Å². The van der Waals surface area contributed by atoms with E-state index in [1.165, 1.54) is 6.07 Å². The number of halogens is 2. The molecule has 0 unspecified atom stereocenters. The number of hydrogen-bond acceptors (Lipinski definition) is 2. The molecule has 4 heteroatoms. The van der Waals surface area contributed by atoms with Crippen molar-refractivity contribution < 1.29 is 4.39 Å². The number of nitriles is 1. The fourth-order valence-corrected chi connectivity index (χ4v) is 1.98. The molecule has 0 heterocycles. The van der Waals surface area contributed by atoms with E-state index in [4.69, 9.17) is 5.26 Å². The molecule has 2 rings (SSSR count). The highest BCUT2D eigenvalue weighted by Crippen LogP contribution is 2.18. The zero-order chi connectivity index (χ0) is 13.0. The van der Waals surface area contributed by atoms with Crippen molar-refractivity contribution in [2.45, 2.75) is 6.54 Å². The van der Waals surface area contributed by atoms with Crippen molar-refractivity contribution in [3.63, 3.8) is 0 Å². The van der Waals surface area contributed by atoms with Gasteiger partial charge >= 0.3 is 0 Å². The van der Waals surface area contributed by atoms with Crippen LogP contribution in [0.25, 0.3) is 0 Å². The van der Waals surface area contributed by atoms with Gasteiger partial charge < -0.3 is 5.32 Å². The van der Waals surface area contributed by atoms with Gasteiger partial charge in [0.05, 0.1) is 16.1 Å². The fraction of sp³-hybridized carbons (Fsp3) is 0.0714. The predicted octanol–water partition coefficient (Wildman–Crippen LogP) is 4.07. The Labute approximate surface area is 113 Å². The van der Waals surface area contributed by atoms with Gasteiger partial charge in [0.1, 0.15) is 5.82 Å². The summed E-state index contributed by atoms with van der Waals surface area (Å²) >= 11 is 3.15. The molecule has 0 aliphatic rings. The number of rotatable bonds is 3. The number of benzene rings is 2. The van der Waals surface area contributed by atoms with E-state index in [-0.39, 0.29) is 5.82 Å². The highest BCUT2D eigenvalue weighted by atomic mass is 79.9. The summed E-state index contributed by atoms with van der Waals surface area (Å²) in [5.74, 6) is -0.273. The molecule has 0 aliphatic heterocycles. The van der Waals surface area contributed by atoms with Gasteiger partial charge in [0.25, 0.3) is 0 Å². The van der Waals surface area contributed by atoms with Gasteiger partial charge in [0.2, 0.25) is 0 Å². The van der Waals surface area contributed by atoms with Gasteiger partial charge in [-0.1, -0.05) is 12.1 Å². The molecule has 2 aromatic carbocycles. The molecule has 90 valence electrons. The van der Waals surface area contributed by atoms with Crippen LogP contribution in [0.3, 0.4) is 0 Å². The zero-order valence-corrected chi connectivity index (χ0v) is 11.0. The first-order valence-corrected chi connectivity index (χ1v) is 6.16. The second-order valence-corrected chi connectivity index (χ2v) is 4.65. The molecule has 0 amide bonds. The first-order valence-electron chi connectivity index (χ1n) is 5.37. The molecule has 2 nitrogen and oxygen atoms in total. The second kappa shape index (κ2) is 5.65. The van der Waals surface area contributed by atoms with Crippen LogP contribution in [0.2, 0.25) is 0 Å². The lowest BCUT2D eigenvalue weighted by molar-refractivity contribution is 0.620. The third kappa shape index (κ3) is 3.08. The molecule has 2 aromatic rings. The SMILES string of the molecule is N#Cc1cccc(NCc2ccc(F)c(Br)c2)c1. The number of nitrogens with one attached hydrogen (secondary N) is 1. The van der Waals surface area contributed by atoms with Gasteiger partial charge in [-0.15, -0.1) is 0 Å². The second-order valence-electron chi connectivity index (χ2n) is 3.79. The predicted molar refractivity (Wildman–Crippen MR) is 72.6 cm³/mol. The Morgan fingerprint density at radius 3 is 2.78 bits per heavy atom. The summed E-state index contributed by atoms with van der Waals surface area (Å²) in [6.45, 7) is 0.577. The summed E-state index contributed by atoms with van der Waals surface area (Å²) in [6, 6.07) is 14.2. The Kier molecular flexibility index (Phi) is 3.96. The monoisotopic (exact) mass is 304 g/mol. The Morgan fingerprint density at radius 2 is 2.06 bits per heavy atom. The molecule has 0 spiro atoms. The van der Waals surface area contributed by atoms with Gasteiger partial charge in [-0.25, -0.2) is 4.39 Å². The summed E-state index contributed by atoms with van der Waals surface area (Å²) in [5.41, 5.74) is 2.44. The van der Waals surface area contributed by atoms with Crippen molar-refractivity contribution in [2.75, 3.05) is 5.32 Å². The van der Waals surface area contributed by atoms with E-state index in [1.807, 2.05) is 12.1 Å². The molecule has 0 aromatic heterocycles. The third-order valence-electron chi connectivity index (χ3n) is 2.47. The quantitative estimate of drug-likeness (QED) is 0.927. The molecule has 1 N–H and O–H groups in total. The average molecular weight is 305 g/mol. The van der Waals surface area contributed by atoms with Gasteiger partial charge in [-0.3, -0.25) is 0 Å². The minimum atomic E-state index is -0.273. The Bertz CT molecular complexity index is 605. The van der Waals surface area contributed by atoms with Crippen molar-refractivity contribution in [1.29, 1.82) is 5.26 Å². The van der Waals surface area contributed by atoms with Crippen LogP contribution < -0.4 is 5.32 Å². The van der Waals surface area contributed by atoms with Crippen molar-refractivity contribution in [3.05, 3.63) is 63.9 Å². The van der Waals surface area contributed by atoms with Crippen molar-refractivity contribution in [1.82, 2.24) is 0 Å². The van der Waals surface area contributed by atoms with Gasteiger partial charge in [-0.05, 0) is 51.8 Å². The Hall–Kier alpha value is -1.86. The average Bonchev–Trinajstić information content (AvgIpc) is 2.40. The minimum absolute atomic E-state index is 0.273. The number of anilines is 1. The van der Waals surface area contributed by atoms with E-state index in [1.54, 1.807) is 24.3 Å². The highest BCUT2D eigenvalue weighted by molar-refractivity contribution is 9.10. The first kappa shape index (κ1) is 12.6. The first-order chi connectivity index (χ1) is 8.69. The Morgan fingerprint density at radius 1 is 1.22 bits per heavy atom. The van der Waals surface area contributed by atoms with Crippen molar-refractivity contribution in [3.8, 4) is 6.07 Å². The van der Waals surface area contributed by atoms with Gasteiger partial charge in [0.15, 0.2) is 0 Å². The van der Waals surface area contributed by atoms with Crippen LogP contribution in [0.15, 0.2) is 46.9 Å². The minimum Gasteiger partial charge on any atom is -0.381 e. The lowest BCUT2D eigenvalue weighted by Gasteiger charge is -2.07. The van der Waals surface area contributed by atoms with E-state index in [9.17, 15) is 4.39 Å². The molecule has 0 bridgehead atoms. The molecule has 18 heavy (non-hydrogen) atoms. The summed E-state index contributed by atoms with van der Waals surface area (Å²) in [6.07, 6.45) is 0. The maximum Gasteiger partial charge on any atom is 0.137 e. The summed E-state index contributed by atoms with van der Waals surface area (Å²) in [4.78, 5) is 0. The molecule has 0 aliphatic carbocycles. The van der Waals surface area contributed by atoms with Gasteiger partial charge in [0, 0.05) is 12.2 Å². The summed E-state index contributed by atoms with van der Waals surface area (Å²) in [5, 5.41) is 12.0. The Balaban J connectivity index is 2.07. The maximum atomic E-state index is 13.1. The van der Waals surface area contributed by atoms with E-state index < -0.39 is 0 Å². The van der Waals surface area contributed by atoms with Crippen molar-refractivity contribution in [2.24, 2.45) is 0 Å². The molecule has 0 radical (unpaired) electrons. The van der Waals surface area contributed by atoms with Crippen molar-refractivity contribution >= 4 is 21.6 Å². The van der Waals surface area contributed by atoms with Crippen LogP contribution in [0.1, 0.15) is 11.1 Å². The molecule has 0 atom stereocenters. The third-order valence-corrected chi connectivity index (χ3v) is 3.08. The van der Waals surface area contributed by atoms with E-state index in [0.29, 0.717) is 16.6 Å². The zero-order valence-electron chi connectivity index (χ0n) is 9.45. The van der Waals surface area contributed by atoms with Crippen LogP contribution in [-0.2, 0) is 6.54 Å². The molecule has 0 saturated carbocycles. The lowest BCUT2D eigenvalue weighted by atomic mass is 10.2. The van der Waals surface area contributed by atoms with E-state index in [0.717, 1.165) is 11.3 Å². The van der Waals surface area contributed by atoms with E-state index >= 15 is 0 Å². The topological polar surface area (TPSA) is 35.8 Å². The largest absolute Gasteiger partial charge is 0.381 e. The standard InChI is InChI=1S/C14H10BrFN2/c15-13-7-11(4-5-14(13)16)9-18-12-3-1-2-10(6-12)8-17/h1-7,18H,9H2. The molecule has 0 saturated heterocycles. The molecule has 0 fully saturated rings. The number of nitrogens with zero attached hydrogens (tertiary/aromatic N) is 1. The van der Waals surface area contributed by atoms with Crippen LogP contribution in [0.5, 0.6) is 0 Å². The number of hydrogen-bond donors (Lipinski definition) is 1. The smallest absolute Gasteiger partial charge is 0.137 e. The van der Waals surface area contributed by atoms with Crippen LogP contribution in [0.4, 0.5) is 10.1 Å². The maximum absolute atomic E-state index is 13.1. The van der Waals surface area contributed by atoms with Crippen LogP contribution >= 0.6 is 15.9 Å². The van der Waals surface area contributed by atoms with Crippen LogP contribution in [0, 0.1) is 17.1 Å². The lowest BCUT2D eigenvalue weighted by Crippen LogP contribution is -1.99. The highest BCUT2D eigenvalue weighted by Gasteiger charge is 2.01. The van der Waals surface area contributed by atoms with E-state index in [2.05, 4.69) is 27.3 Å². The molecular formula is C14H10BrFN2.